The smallest absolute Gasteiger partial charge is 0.308 e. The second kappa shape index (κ2) is 7.06. The van der Waals surface area contributed by atoms with E-state index in [4.69, 9.17) is 5.11 Å². The molecule has 1 rings (SSSR count). The van der Waals surface area contributed by atoms with Crippen LogP contribution in [-0.2, 0) is 19.7 Å². The summed E-state index contributed by atoms with van der Waals surface area (Å²) < 4.78 is 4.68. The average molecular weight is 295 g/mol. The van der Waals surface area contributed by atoms with E-state index in [9.17, 15) is 14.9 Å². The molecule has 0 radical (unpaired) electrons. The maximum Gasteiger partial charge on any atom is 0.308 e. The number of carboxylic acids is 1. The fourth-order valence-electron chi connectivity index (χ4n) is 2.16. The summed E-state index contributed by atoms with van der Waals surface area (Å²) >= 11 is 1.40. The molecule has 0 spiro atoms. The van der Waals surface area contributed by atoms with Crippen molar-refractivity contribution in [1.29, 1.82) is 5.26 Å². The highest BCUT2D eigenvalue weighted by Crippen LogP contribution is 2.38. The molecular formula is C14H17NO4S. The van der Waals surface area contributed by atoms with Crippen molar-refractivity contribution in [2.75, 3.05) is 7.11 Å². The van der Waals surface area contributed by atoms with Gasteiger partial charge in [-0.1, -0.05) is 13.0 Å². The van der Waals surface area contributed by atoms with Gasteiger partial charge in [0.2, 0.25) is 0 Å². The van der Waals surface area contributed by atoms with Crippen molar-refractivity contribution in [3.63, 3.8) is 0 Å². The minimum absolute atomic E-state index is 0.112. The van der Waals surface area contributed by atoms with Gasteiger partial charge in [-0.3, -0.25) is 9.59 Å². The number of carbonyl (C=O) groups is 2. The van der Waals surface area contributed by atoms with E-state index in [1.165, 1.54) is 18.4 Å². The summed E-state index contributed by atoms with van der Waals surface area (Å²) in [4.78, 5) is 23.2. The lowest BCUT2D eigenvalue weighted by molar-refractivity contribution is -0.145. The Balaban J connectivity index is 3.03. The molecule has 1 aromatic heterocycles. The van der Waals surface area contributed by atoms with Crippen LogP contribution in [0.1, 0.15) is 31.1 Å². The molecule has 0 aliphatic rings. The number of hydrogen-bond donors (Lipinski definition) is 1. The summed E-state index contributed by atoms with van der Waals surface area (Å²) in [5.41, 5.74) is -0.958. The molecule has 0 aliphatic carbocycles. The van der Waals surface area contributed by atoms with Gasteiger partial charge in [0.25, 0.3) is 0 Å². The van der Waals surface area contributed by atoms with Gasteiger partial charge < -0.3 is 9.84 Å². The molecule has 6 heteroatoms. The van der Waals surface area contributed by atoms with Crippen LogP contribution in [0.5, 0.6) is 0 Å². The number of aliphatic carboxylic acids is 1. The highest BCUT2D eigenvalue weighted by molar-refractivity contribution is 7.10. The van der Waals surface area contributed by atoms with Crippen LogP contribution in [-0.4, -0.2) is 24.2 Å². The Hall–Kier alpha value is -1.87. The lowest BCUT2D eigenvalue weighted by Crippen LogP contribution is -2.30. The van der Waals surface area contributed by atoms with E-state index >= 15 is 0 Å². The third-order valence-corrected chi connectivity index (χ3v) is 4.30. The maximum absolute atomic E-state index is 11.6. The summed E-state index contributed by atoms with van der Waals surface area (Å²) in [6.45, 7) is 1.69. The Morgan fingerprint density at radius 3 is 2.75 bits per heavy atom. The minimum atomic E-state index is -0.958. The van der Waals surface area contributed by atoms with Gasteiger partial charge in [0.05, 0.1) is 24.5 Å². The Labute approximate surface area is 121 Å². The second-order valence-electron chi connectivity index (χ2n) is 4.69. The normalized spacial score (nSPS) is 14.8. The van der Waals surface area contributed by atoms with Gasteiger partial charge in [0.15, 0.2) is 0 Å². The number of ether oxygens (including phenoxy) is 1. The fourth-order valence-corrected chi connectivity index (χ4v) is 3.08. The van der Waals surface area contributed by atoms with Crippen LogP contribution in [0.2, 0.25) is 0 Å². The van der Waals surface area contributed by atoms with Crippen LogP contribution < -0.4 is 0 Å². The van der Waals surface area contributed by atoms with E-state index in [1.54, 1.807) is 13.0 Å². The molecule has 0 aromatic carbocycles. The van der Waals surface area contributed by atoms with Crippen molar-refractivity contribution in [3.05, 3.63) is 22.4 Å². The van der Waals surface area contributed by atoms with Crippen molar-refractivity contribution in [2.24, 2.45) is 5.92 Å². The number of methoxy groups -OCH3 is 1. The minimum Gasteiger partial charge on any atom is -0.481 e. The lowest BCUT2D eigenvalue weighted by atomic mass is 9.76. The highest BCUT2D eigenvalue weighted by atomic mass is 32.1. The van der Waals surface area contributed by atoms with Gasteiger partial charge >= 0.3 is 11.9 Å². The summed E-state index contributed by atoms with van der Waals surface area (Å²) in [5.74, 6) is -1.81. The van der Waals surface area contributed by atoms with Crippen molar-refractivity contribution in [3.8, 4) is 6.07 Å². The molecular weight excluding hydrogens is 278 g/mol. The molecule has 1 N–H and O–H groups in total. The fraction of sp³-hybridized carbons (Fsp3) is 0.500. The molecule has 0 saturated heterocycles. The summed E-state index contributed by atoms with van der Waals surface area (Å²) in [6.07, 6.45) is 0.323. The number of nitrogens with zero attached hydrogens (tertiary/aromatic N) is 1. The van der Waals surface area contributed by atoms with E-state index in [2.05, 4.69) is 10.8 Å². The monoisotopic (exact) mass is 295 g/mol. The van der Waals surface area contributed by atoms with Crippen LogP contribution in [0.15, 0.2) is 17.5 Å². The molecule has 108 valence electrons. The van der Waals surface area contributed by atoms with E-state index in [0.717, 1.165) is 4.88 Å². The number of carboxylic acid groups (broad SMARTS) is 1. The number of esters is 1. The lowest BCUT2D eigenvalue weighted by Gasteiger charge is -2.27. The van der Waals surface area contributed by atoms with Crippen molar-refractivity contribution in [2.45, 2.75) is 31.6 Å². The van der Waals surface area contributed by atoms with E-state index in [1.807, 2.05) is 11.4 Å². The SMILES string of the molecule is COC(=O)C(C)CC(C#N)(CCC(=O)O)c1cccs1. The molecule has 0 saturated carbocycles. The van der Waals surface area contributed by atoms with Gasteiger partial charge in [-0.2, -0.15) is 5.26 Å². The van der Waals surface area contributed by atoms with Crippen LogP contribution in [0.25, 0.3) is 0 Å². The Morgan fingerprint density at radius 2 is 2.30 bits per heavy atom. The van der Waals surface area contributed by atoms with Crippen LogP contribution in [0.4, 0.5) is 0 Å². The first kappa shape index (κ1) is 16.2. The number of rotatable bonds is 7. The zero-order valence-corrected chi connectivity index (χ0v) is 12.3. The highest BCUT2D eigenvalue weighted by Gasteiger charge is 2.37. The molecule has 0 aliphatic heterocycles. The molecule has 2 unspecified atom stereocenters. The van der Waals surface area contributed by atoms with E-state index < -0.39 is 23.3 Å². The third kappa shape index (κ3) is 3.81. The van der Waals surface area contributed by atoms with Crippen molar-refractivity contribution < 1.29 is 19.4 Å². The van der Waals surface area contributed by atoms with Gasteiger partial charge in [0.1, 0.15) is 0 Å². The second-order valence-corrected chi connectivity index (χ2v) is 5.64. The molecule has 0 bridgehead atoms. The number of nitriles is 1. The predicted octanol–water partition coefficient (Wildman–Crippen LogP) is 2.57. The first-order valence-electron chi connectivity index (χ1n) is 6.20. The zero-order valence-electron chi connectivity index (χ0n) is 11.5. The van der Waals surface area contributed by atoms with E-state index in [-0.39, 0.29) is 19.3 Å². The molecule has 5 nitrogen and oxygen atoms in total. The van der Waals surface area contributed by atoms with Crippen molar-refractivity contribution in [1.82, 2.24) is 0 Å². The van der Waals surface area contributed by atoms with Crippen LogP contribution in [0.3, 0.4) is 0 Å². The molecule has 1 aromatic rings. The Morgan fingerprint density at radius 1 is 1.60 bits per heavy atom. The molecule has 2 atom stereocenters. The summed E-state index contributed by atoms with van der Waals surface area (Å²) in [6, 6.07) is 5.84. The quantitative estimate of drug-likeness (QED) is 0.781. The Kier molecular flexibility index (Phi) is 5.71. The first-order valence-corrected chi connectivity index (χ1v) is 7.08. The average Bonchev–Trinajstić information content (AvgIpc) is 2.96. The maximum atomic E-state index is 11.6. The van der Waals surface area contributed by atoms with Gasteiger partial charge in [0, 0.05) is 11.3 Å². The summed E-state index contributed by atoms with van der Waals surface area (Å²) in [7, 11) is 1.30. The first-order chi connectivity index (χ1) is 9.45. The van der Waals surface area contributed by atoms with Crippen molar-refractivity contribution >= 4 is 23.3 Å². The third-order valence-electron chi connectivity index (χ3n) is 3.23. The number of hydrogen-bond acceptors (Lipinski definition) is 5. The number of thiophene rings is 1. The topological polar surface area (TPSA) is 87.4 Å². The molecule has 0 amide bonds. The molecule has 20 heavy (non-hydrogen) atoms. The van der Waals surface area contributed by atoms with Crippen LogP contribution >= 0.6 is 11.3 Å². The van der Waals surface area contributed by atoms with Crippen LogP contribution in [0, 0.1) is 17.2 Å². The largest absolute Gasteiger partial charge is 0.481 e. The Bertz CT molecular complexity index is 506. The standard InChI is InChI=1S/C14H17NO4S/c1-10(13(18)19-2)8-14(9-15,6-5-12(16)17)11-4-3-7-20-11/h3-4,7,10H,5-6,8H2,1-2H3,(H,16,17). The van der Waals surface area contributed by atoms with Gasteiger partial charge in [-0.25, -0.2) is 0 Å². The van der Waals surface area contributed by atoms with Gasteiger partial charge in [-0.05, 0) is 24.3 Å². The predicted molar refractivity (Wildman–Crippen MR) is 74.3 cm³/mol. The number of carbonyl (C=O) groups excluding carboxylic acids is 1. The van der Waals surface area contributed by atoms with Gasteiger partial charge in [-0.15, -0.1) is 11.3 Å². The zero-order chi connectivity index (χ0) is 15.2. The molecule has 1 heterocycles. The summed E-state index contributed by atoms with van der Waals surface area (Å²) in [5, 5.41) is 20.3. The molecule has 0 fully saturated rings. The van der Waals surface area contributed by atoms with E-state index in [0.29, 0.717) is 0 Å².